The summed E-state index contributed by atoms with van der Waals surface area (Å²) >= 11 is 0. The van der Waals surface area contributed by atoms with Gasteiger partial charge in [0.15, 0.2) is 0 Å². The maximum atomic E-state index is 8.56. The maximum absolute atomic E-state index is 8.56. The smallest absolute Gasteiger partial charge is 1.00 e. The average molecular weight is 128 g/mol. The molecule has 0 rings (SSSR count). The Morgan fingerprint density at radius 3 is 1.50 bits per heavy atom. The van der Waals surface area contributed by atoms with Crippen molar-refractivity contribution < 1.29 is 41.2 Å². The van der Waals surface area contributed by atoms with Crippen LogP contribution in [0.5, 0.6) is 0 Å². The molecule has 0 aromatic carbocycles. The monoisotopic (exact) mass is 128 g/mol. The first kappa shape index (κ1) is 11.7. The van der Waals surface area contributed by atoms with E-state index in [4.69, 9.17) is 10.2 Å². The van der Waals surface area contributed by atoms with Crippen LogP contribution in [0.25, 0.3) is 0 Å². The minimum Gasteiger partial charge on any atom is -1.00 e. The first-order valence-electron chi connectivity index (χ1n) is 2.49. The molecule has 0 aromatic heterocycles. The van der Waals surface area contributed by atoms with E-state index >= 15 is 0 Å². The molecule has 46 valence electrons. The van der Waals surface area contributed by atoms with Gasteiger partial charge in [0, 0.05) is 0 Å². The van der Waals surface area contributed by atoms with Crippen molar-refractivity contribution in [3.8, 4) is 0 Å². The van der Waals surface area contributed by atoms with Gasteiger partial charge < -0.3 is 11.6 Å². The van der Waals surface area contributed by atoms with E-state index in [9.17, 15) is 0 Å². The number of hydrogen-bond donors (Lipinski definition) is 2. The SMILES string of the molecule is CC(O)CC(C)O.[H-].[Na+]. The predicted molar refractivity (Wildman–Crippen MR) is 29.1 cm³/mol. The molecule has 0 saturated carbocycles. The van der Waals surface area contributed by atoms with Gasteiger partial charge in [-0.15, -0.1) is 0 Å². The van der Waals surface area contributed by atoms with E-state index in [0.29, 0.717) is 6.42 Å². The molecule has 0 radical (unpaired) electrons. The topological polar surface area (TPSA) is 40.5 Å². The summed E-state index contributed by atoms with van der Waals surface area (Å²) in [6.07, 6.45) is -0.278. The first-order chi connectivity index (χ1) is 3.13. The third-order valence-electron chi connectivity index (χ3n) is 0.682. The Bertz CT molecular complexity index is 44.2. The first-order valence-corrected chi connectivity index (χ1v) is 2.49. The fourth-order valence-corrected chi connectivity index (χ4v) is 0.494. The summed E-state index contributed by atoms with van der Waals surface area (Å²) in [5.41, 5.74) is 0. The van der Waals surface area contributed by atoms with Crippen molar-refractivity contribution in [2.24, 2.45) is 0 Å². The molecule has 0 amide bonds. The van der Waals surface area contributed by atoms with E-state index in [1.807, 2.05) is 0 Å². The molecule has 2 unspecified atom stereocenters. The maximum Gasteiger partial charge on any atom is 1.00 e. The van der Waals surface area contributed by atoms with Crippen LogP contribution >= 0.6 is 0 Å². The Morgan fingerprint density at radius 1 is 1.25 bits per heavy atom. The summed E-state index contributed by atoms with van der Waals surface area (Å²) in [6.45, 7) is 3.32. The van der Waals surface area contributed by atoms with Crippen LogP contribution in [0.1, 0.15) is 21.7 Å². The van der Waals surface area contributed by atoms with E-state index < -0.39 is 0 Å². The summed E-state index contributed by atoms with van der Waals surface area (Å²) in [5, 5.41) is 17.1. The molecule has 0 bridgehead atoms. The second kappa shape index (κ2) is 6.05. The van der Waals surface area contributed by atoms with Gasteiger partial charge in [-0.3, -0.25) is 0 Å². The normalized spacial score (nSPS) is 16.5. The van der Waals surface area contributed by atoms with Gasteiger partial charge in [-0.1, -0.05) is 0 Å². The molecule has 2 atom stereocenters. The van der Waals surface area contributed by atoms with Crippen LogP contribution < -0.4 is 29.6 Å². The Balaban J connectivity index is -0.000000180. The molecule has 0 aliphatic carbocycles. The van der Waals surface area contributed by atoms with Gasteiger partial charge >= 0.3 is 29.6 Å². The van der Waals surface area contributed by atoms with Gasteiger partial charge in [0.1, 0.15) is 0 Å². The molecule has 0 aliphatic rings. The summed E-state index contributed by atoms with van der Waals surface area (Å²) < 4.78 is 0. The molecule has 0 aliphatic heterocycles. The fourth-order valence-electron chi connectivity index (χ4n) is 0.494. The van der Waals surface area contributed by atoms with Crippen LogP contribution in [0, 0.1) is 0 Å². The van der Waals surface area contributed by atoms with E-state index in [0.717, 1.165) is 0 Å². The number of aliphatic hydroxyl groups is 2. The molecule has 3 heteroatoms. The molecule has 2 N–H and O–H groups in total. The van der Waals surface area contributed by atoms with E-state index in [2.05, 4.69) is 0 Å². The van der Waals surface area contributed by atoms with Crippen LogP contribution in [0.2, 0.25) is 0 Å². The van der Waals surface area contributed by atoms with Gasteiger partial charge in [0.2, 0.25) is 0 Å². The van der Waals surface area contributed by atoms with Crippen LogP contribution in [-0.4, -0.2) is 22.4 Å². The minimum absolute atomic E-state index is 0. The molecule has 2 nitrogen and oxygen atoms in total. The quantitative estimate of drug-likeness (QED) is 0.396. The van der Waals surface area contributed by atoms with Crippen molar-refractivity contribution in [3.05, 3.63) is 0 Å². The zero-order chi connectivity index (χ0) is 5.86. The summed E-state index contributed by atoms with van der Waals surface area (Å²) in [6, 6.07) is 0. The van der Waals surface area contributed by atoms with Crippen molar-refractivity contribution in [1.29, 1.82) is 0 Å². The second-order valence-electron chi connectivity index (χ2n) is 1.93. The summed E-state index contributed by atoms with van der Waals surface area (Å²) in [4.78, 5) is 0. The van der Waals surface area contributed by atoms with Crippen molar-refractivity contribution in [3.63, 3.8) is 0 Å². The van der Waals surface area contributed by atoms with Crippen LogP contribution in [0.4, 0.5) is 0 Å². The molecule has 0 spiro atoms. The van der Waals surface area contributed by atoms with Crippen molar-refractivity contribution in [2.75, 3.05) is 0 Å². The average Bonchev–Trinajstić information content (AvgIpc) is 1.27. The van der Waals surface area contributed by atoms with E-state index in [1.54, 1.807) is 13.8 Å². The predicted octanol–water partition coefficient (Wildman–Crippen LogP) is -2.75. The Labute approximate surface area is 73.7 Å². The van der Waals surface area contributed by atoms with Crippen LogP contribution in [0.15, 0.2) is 0 Å². The zero-order valence-corrected chi connectivity index (χ0v) is 7.76. The van der Waals surface area contributed by atoms with Crippen LogP contribution in [-0.2, 0) is 0 Å². The van der Waals surface area contributed by atoms with Crippen LogP contribution in [0.3, 0.4) is 0 Å². The van der Waals surface area contributed by atoms with E-state index in [-0.39, 0.29) is 43.2 Å². The Kier molecular flexibility index (Phi) is 8.83. The molecule has 0 heterocycles. The molecule has 0 fully saturated rings. The van der Waals surface area contributed by atoms with Gasteiger partial charge in [-0.05, 0) is 20.3 Å². The Morgan fingerprint density at radius 2 is 1.50 bits per heavy atom. The van der Waals surface area contributed by atoms with Crippen molar-refractivity contribution >= 4 is 0 Å². The van der Waals surface area contributed by atoms with E-state index in [1.165, 1.54) is 0 Å². The summed E-state index contributed by atoms with van der Waals surface area (Å²) in [5.74, 6) is 0. The molecule has 0 saturated heterocycles. The third-order valence-corrected chi connectivity index (χ3v) is 0.682. The third kappa shape index (κ3) is 10.0. The standard InChI is InChI=1S/C5H12O2.Na.H/c1-4(6)3-5(2)7;;/h4-7H,3H2,1-2H3;;/q;+1;-1. The number of aliphatic hydroxyl groups excluding tert-OH is 2. The van der Waals surface area contributed by atoms with Gasteiger partial charge in [-0.2, -0.15) is 0 Å². The second-order valence-corrected chi connectivity index (χ2v) is 1.93. The van der Waals surface area contributed by atoms with Gasteiger partial charge in [-0.25, -0.2) is 0 Å². The van der Waals surface area contributed by atoms with Crippen molar-refractivity contribution in [2.45, 2.75) is 32.5 Å². The fraction of sp³-hybridized carbons (Fsp3) is 1.00. The van der Waals surface area contributed by atoms with Gasteiger partial charge in [0.25, 0.3) is 0 Å². The Hall–Kier alpha value is 0.920. The molecule has 8 heavy (non-hydrogen) atoms. The zero-order valence-electron chi connectivity index (χ0n) is 6.76. The van der Waals surface area contributed by atoms with Crippen molar-refractivity contribution in [1.82, 2.24) is 0 Å². The number of hydrogen-bond acceptors (Lipinski definition) is 2. The molecule has 0 aromatic rings. The minimum atomic E-state index is -0.375. The molecular formula is C5H13NaO2. The summed E-state index contributed by atoms with van der Waals surface area (Å²) in [7, 11) is 0. The molecular weight excluding hydrogens is 115 g/mol. The largest absolute Gasteiger partial charge is 1.00 e. The number of rotatable bonds is 2. The van der Waals surface area contributed by atoms with Gasteiger partial charge in [0.05, 0.1) is 12.2 Å².